The number of carbonyl (C=O) groups is 1. The van der Waals surface area contributed by atoms with Crippen molar-refractivity contribution in [1.82, 2.24) is 0 Å². The van der Waals surface area contributed by atoms with Crippen LogP contribution >= 0.6 is 31.7 Å². The average Bonchev–Trinajstić information content (AvgIpc) is 3.64. The van der Waals surface area contributed by atoms with Gasteiger partial charge in [0.2, 0.25) is 0 Å². The number of hydrogen-bond acceptors (Lipinski definition) is 1. The van der Waals surface area contributed by atoms with E-state index >= 15 is 0 Å². The van der Waals surface area contributed by atoms with Crippen LogP contribution in [0.3, 0.4) is 0 Å². The molecule has 0 amide bonds. The first-order chi connectivity index (χ1) is 39.5. The summed E-state index contributed by atoms with van der Waals surface area (Å²) in [6, 6.07) is 130. The normalized spacial score (nSPS) is 10.1. The predicted molar refractivity (Wildman–Crippen MR) is 357 cm³/mol. The maximum absolute atomic E-state index is 8.56. The van der Waals surface area contributed by atoms with Crippen LogP contribution in [0.2, 0.25) is 0 Å². The topological polar surface area (TPSA) is 57.5 Å². The molecule has 412 valence electrons. The molecule has 12 rings (SSSR count). The van der Waals surface area contributed by atoms with Gasteiger partial charge in [-0.25, -0.2) is 4.79 Å². The van der Waals surface area contributed by atoms with Crippen LogP contribution in [0.15, 0.2) is 364 Å². The van der Waals surface area contributed by atoms with Crippen molar-refractivity contribution >= 4 is 101 Å². The van der Waals surface area contributed by atoms with Gasteiger partial charge in [-0.05, 0) is 146 Å². The second-order valence-electron chi connectivity index (χ2n) is 18.2. The van der Waals surface area contributed by atoms with Crippen molar-refractivity contribution in [2.24, 2.45) is 0 Å². The Morgan fingerprint density at radius 1 is 0.171 bits per heavy atom. The second kappa shape index (κ2) is 36.4. The Balaban J connectivity index is 0.000000170. The van der Waals surface area contributed by atoms with Crippen molar-refractivity contribution in [3.05, 3.63) is 364 Å². The summed E-state index contributed by atoms with van der Waals surface area (Å²) >= 11 is 0. The fraction of sp³-hybridized carbons (Fsp3) is 0. The van der Waals surface area contributed by atoms with E-state index in [0.29, 0.717) is 0 Å². The van der Waals surface area contributed by atoms with E-state index < -0.39 is 37.8 Å². The molecule has 12 aromatic rings. The van der Waals surface area contributed by atoms with E-state index in [0.717, 1.165) is 0 Å². The predicted octanol–water partition coefficient (Wildman–Crippen LogP) is 12.9. The van der Waals surface area contributed by atoms with Gasteiger partial charge in [0.05, 0.1) is 31.7 Å². The summed E-state index contributed by atoms with van der Waals surface area (Å²) in [7, 11) is -3.51. The minimum Gasteiger partial charge on any atom is -0.450 e. The molecule has 0 spiro atoms. The van der Waals surface area contributed by atoms with Gasteiger partial charge >= 0.3 is 6.16 Å². The van der Waals surface area contributed by atoms with Crippen LogP contribution in [0.1, 0.15) is 0 Å². The number of rotatable bonds is 12. The average molecular weight is 1330 g/mol. The third-order valence-electron chi connectivity index (χ3n) is 12.7. The molecule has 0 aliphatic rings. The molecular formula is C73H66O3P4Pd2+4. The molecular weight excluding hydrogens is 1260 g/mol. The van der Waals surface area contributed by atoms with Gasteiger partial charge in [-0.1, -0.05) is 218 Å². The summed E-state index contributed by atoms with van der Waals surface area (Å²) in [4.78, 5) is 8.56. The Kier molecular flexibility index (Phi) is 28.5. The smallest absolute Gasteiger partial charge is 0.450 e. The summed E-state index contributed by atoms with van der Waals surface area (Å²) in [5, 5.41) is 31.2. The molecule has 12 aromatic carbocycles. The van der Waals surface area contributed by atoms with Gasteiger partial charge in [0.25, 0.3) is 0 Å². The van der Waals surface area contributed by atoms with Crippen molar-refractivity contribution in [1.29, 1.82) is 0 Å². The zero-order chi connectivity index (χ0) is 55.2. The summed E-state index contributed by atoms with van der Waals surface area (Å²) < 4.78 is 0. The Labute approximate surface area is 517 Å². The van der Waals surface area contributed by atoms with Crippen LogP contribution < -0.4 is 63.7 Å². The first-order valence-corrected chi connectivity index (χ1v) is 32.6. The Hall–Kier alpha value is -7.05. The Morgan fingerprint density at radius 3 is 0.293 bits per heavy atom. The van der Waals surface area contributed by atoms with E-state index in [1.165, 1.54) is 63.7 Å². The van der Waals surface area contributed by atoms with Crippen LogP contribution in [0, 0.1) is 0 Å². The van der Waals surface area contributed by atoms with Gasteiger partial charge in [0.1, 0.15) is 63.7 Å². The van der Waals surface area contributed by atoms with Gasteiger partial charge in [-0.15, -0.1) is 0 Å². The van der Waals surface area contributed by atoms with Crippen molar-refractivity contribution in [3.63, 3.8) is 0 Å². The standard InChI is InChI=1S/4C18H15P.CH2O3.2Pd/c4*1-4-10-16(11-5-1)19(17-12-6-2-7-13-17)18-14-8-3-9-15-18;2-1(3)4;;/h4*1-15H;(H2,2,3,4);;/p+4. The van der Waals surface area contributed by atoms with Crippen molar-refractivity contribution in [2.45, 2.75) is 0 Å². The second-order valence-corrected chi connectivity index (χ2v) is 28.1. The molecule has 0 bridgehead atoms. The third kappa shape index (κ3) is 20.1. The maximum atomic E-state index is 8.56. The molecule has 3 nitrogen and oxygen atoms in total. The summed E-state index contributed by atoms with van der Waals surface area (Å²) in [6.07, 6.45) is -1.83. The van der Waals surface area contributed by atoms with Crippen LogP contribution in [0.25, 0.3) is 0 Å². The van der Waals surface area contributed by atoms with E-state index in [9.17, 15) is 0 Å². The molecule has 0 saturated heterocycles. The maximum Gasteiger partial charge on any atom is 0.503 e. The van der Waals surface area contributed by atoms with Gasteiger partial charge in [0.15, 0.2) is 0 Å². The van der Waals surface area contributed by atoms with E-state index in [4.69, 9.17) is 15.0 Å². The van der Waals surface area contributed by atoms with Crippen molar-refractivity contribution < 1.29 is 55.9 Å². The molecule has 0 aromatic heterocycles. The monoisotopic (exact) mass is 1330 g/mol. The molecule has 0 unspecified atom stereocenters. The Bertz CT molecular complexity index is 2710. The van der Waals surface area contributed by atoms with Crippen LogP contribution in [-0.2, 0) is 40.8 Å². The van der Waals surface area contributed by atoms with Gasteiger partial charge in [-0.3, -0.25) is 0 Å². The number of hydrogen-bond donors (Lipinski definition) is 2. The molecule has 0 heterocycles. The molecule has 9 heteroatoms. The fourth-order valence-electron chi connectivity index (χ4n) is 9.26. The quantitative estimate of drug-likeness (QED) is 0.0947. The van der Waals surface area contributed by atoms with Crippen LogP contribution in [0.4, 0.5) is 4.79 Å². The van der Waals surface area contributed by atoms with E-state index in [2.05, 4.69) is 364 Å². The molecule has 0 aliphatic carbocycles. The molecule has 0 saturated carbocycles. The summed E-state index contributed by atoms with van der Waals surface area (Å²) in [6.45, 7) is 0. The molecule has 0 aliphatic heterocycles. The summed E-state index contributed by atoms with van der Waals surface area (Å²) in [5.74, 6) is 0. The van der Waals surface area contributed by atoms with Crippen molar-refractivity contribution in [2.75, 3.05) is 0 Å². The molecule has 0 radical (unpaired) electrons. The van der Waals surface area contributed by atoms with Gasteiger partial charge in [0, 0.05) is 40.8 Å². The number of benzene rings is 12. The largest absolute Gasteiger partial charge is 0.503 e. The van der Waals surface area contributed by atoms with Gasteiger partial charge < -0.3 is 10.2 Å². The van der Waals surface area contributed by atoms with Gasteiger partial charge in [-0.2, -0.15) is 0 Å². The van der Waals surface area contributed by atoms with E-state index in [1.807, 2.05) is 0 Å². The van der Waals surface area contributed by atoms with Crippen LogP contribution in [0.5, 0.6) is 0 Å². The van der Waals surface area contributed by atoms with E-state index in [1.54, 1.807) is 0 Å². The van der Waals surface area contributed by atoms with Crippen molar-refractivity contribution in [3.8, 4) is 0 Å². The zero-order valence-electron chi connectivity index (χ0n) is 45.1. The fourth-order valence-corrected chi connectivity index (χ4v) is 19.6. The number of carboxylic acid groups (broad SMARTS) is 2. The Morgan fingerprint density at radius 2 is 0.232 bits per heavy atom. The van der Waals surface area contributed by atoms with Crippen LogP contribution in [-0.4, -0.2) is 16.4 Å². The minimum atomic E-state index is -1.83. The summed E-state index contributed by atoms with van der Waals surface area (Å²) in [5.41, 5.74) is 0. The molecule has 2 N–H and O–H groups in total. The SMILES string of the molecule is O=C(O)O.[Pd].[Pd].c1ccc([PH+](c2ccccc2)c2ccccc2)cc1.c1ccc([PH+](c2ccccc2)c2ccccc2)cc1.c1ccc([PH+](c2ccccc2)c2ccccc2)cc1.c1ccc([PH+](c2ccccc2)c2ccccc2)cc1. The van der Waals surface area contributed by atoms with E-state index in [-0.39, 0.29) is 40.8 Å². The third-order valence-corrected chi connectivity index (χ3v) is 23.7. The first kappa shape index (κ1) is 64.1. The molecule has 82 heavy (non-hydrogen) atoms. The molecule has 0 fully saturated rings. The molecule has 0 atom stereocenters. The zero-order valence-corrected chi connectivity index (χ0v) is 52.2. The first-order valence-electron chi connectivity index (χ1n) is 26.6. The minimum absolute atomic E-state index is 0.